The summed E-state index contributed by atoms with van der Waals surface area (Å²) in [6, 6.07) is 10.9. The Morgan fingerprint density at radius 1 is 1.21 bits per heavy atom. The Kier molecular flexibility index (Phi) is 8.13. The van der Waals surface area contributed by atoms with Crippen molar-refractivity contribution in [2.24, 2.45) is 0 Å². The number of ether oxygens (including phenoxy) is 2. The van der Waals surface area contributed by atoms with Gasteiger partial charge in [0.15, 0.2) is 0 Å². The first kappa shape index (κ1) is 21.1. The third kappa shape index (κ3) is 6.47. The second-order valence-corrected chi connectivity index (χ2v) is 8.14. The van der Waals surface area contributed by atoms with Crippen molar-refractivity contribution in [1.82, 2.24) is 15.1 Å². The van der Waals surface area contributed by atoms with E-state index in [4.69, 9.17) is 9.47 Å². The average molecular weight is 390 g/mol. The van der Waals surface area contributed by atoms with Crippen molar-refractivity contribution in [3.63, 3.8) is 0 Å². The monoisotopic (exact) mass is 389 g/mol. The summed E-state index contributed by atoms with van der Waals surface area (Å²) < 4.78 is 11.3. The van der Waals surface area contributed by atoms with Gasteiger partial charge < -0.3 is 24.6 Å². The number of morpholine rings is 1. The molecule has 156 valence electrons. The smallest absolute Gasteiger partial charge is 0.410 e. The van der Waals surface area contributed by atoms with Gasteiger partial charge >= 0.3 is 6.09 Å². The largest absolute Gasteiger partial charge is 0.445 e. The molecule has 0 aliphatic carbocycles. The average Bonchev–Trinajstić information content (AvgIpc) is 2.97. The lowest BCUT2D eigenvalue weighted by Gasteiger charge is -2.33. The van der Waals surface area contributed by atoms with E-state index in [1.54, 1.807) is 4.90 Å². The fraction of sp³-hybridized carbons (Fsp3) is 0.682. The van der Waals surface area contributed by atoms with Gasteiger partial charge in [-0.2, -0.15) is 0 Å². The number of hydrogen-bond donors (Lipinski definition) is 1. The molecule has 0 saturated carbocycles. The van der Waals surface area contributed by atoms with E-state index in [1.165, 1.54) is 25.8 Å². The van der Waals surface area contributed by atoms with Crippen LogP contribution in [0.15, 0.2) is 30.3 Å². The Labute approximate surface area is 169 Å². The minimum atomic E-state index is -0.251. The lowest BCUT2D eigenvalue weighted by Crippen LogP contribution is -2.50. The van der Waals surface area contributed by atoms with Gasteiger partial charge in [-0.25, -0.2) is 4.79 Å². The van der Waals surface area contributed by atoms with Gasteiger partial charge in [0, 0.05) is 25.2 Å². The maximum Gasteiger partial charge on any atom is 0.410 e. The highest BCUT2D eigenvalue weighted by Crippen LogP contribution is 2.14. The number of nitrogens with zero attached hydrogens (tertiary/aromatic N) is 2. The Morgan fingerprint density at radius 2 is 2.04 bits per heavy atom. The van der Waals surface area contributed by atoms with Crippen molar-refractivity contribution >= 4 is 6.09 Å². The van der Waals surface area contributed by atoms with Crippen molar-refractivity contribution in [1.29, 1.82) is 0 Å². The maximum absolute atomic E-state index is 12.4. The number of rotatable bonds is 6. The van der Waals surface area contributed by atoms with E-state index in [9.17, 15) is 4.79 Å². The molecule has 0 spiro atoms. The zero-order chi connectivity index (χ0) is 19.8. The molecule has 0 bridgehead atoms. The van der Waals surface area contributed by atoms with Crippen LogP contribution in [-0.2, 0) is 16.1 Å². The highest BCUT2D eigenvalue weighted by Gasteiger charge is 2.26. The Bertz CT molecular complexity index is 596. The van der Waals surface area contributed by atoms with Gasteiger partial charge in [0.1, 0.15) is 6.61 Å². The van der Waals surface area contributed by atoms with Crippen LogP contribution in [-0.4, -0.2) is 73.4 Å². The van der Waals surface area contributed by atoms with Crippen molar-refractivity contribution < 1.29 is 14.3 Å². The number of nitrogens with one attached hydrogen (secondary N) is 1. The van der Waals surface area contributed by atoms with Crippen molar-refractivity contribution in [3.05, 3.63) is 35.9 Å². The number of carbonyl (C=O) groups is 1. The number of hydrogen-bond acceptors (Lipinski definition) is 5. The zero-order valence-corrected chi connectivity index (χ0v) is 17.3. The van der Waals surface area contributed by atoms with Crippen LogP contribution in [0.5, 0.6) is 0 Å². The molecule has 28 heavy (non-hydrogen) atoms. The molecule has 0 radical (unpaired) electrons. The molecule has 2 saturated heterocycles. The van der Waals surface area contributed by atoms with E-state index in [2.05, 4.69) is 24.1 Å². The molecule has 2 unspecified atom stereocenters. The fourth-order valence-electron chi connectivity index (χ4n) is 3.96. The molecule has 6 heteroatoms. The normalized spacial score (nSPS) is 24.2. The predicted octanol–water partition coefficient (Wildman–Crippen LogP) is 2.88. The molecule has 1 amide bonds. The third-order valence-electron chi connectivity index (χ3n) is 5.73. The van der Waals surface area contributed by atoms with Crippen LogP contribution >= 0.6 is 0 Å². The topological polar surface area (TPSA) is 54.0 Å². The summed E-state index contributed by atoms with van der Waals surface area (Å²) in [6.07, 6.45) is 3.40. The first-order valence-corrected chi connectivity index (χ1v) is 10.7. The van der Waals surface area contributed by atoms with E-state index in [-0.39, 0.29) is 12.2 Å². The van der Waals surface area contributed by atoms with Gasteiger partial charge in [0.25, 0.3) is 0 Å². The summed E-state index contributed by atoms with van der Waals surface area (Å²) in [5.41, 5.74) is 1.01. The summed E-state index contributed by atoms with van der Waals surface area (Å²) in [6.45, 7) is 9.74. The van der Waals surface area contributed by atoms with Gasteiger partial charge in [-0.3, -0.25) is 0 Å². The molecule has 1 N–H and O–H groups in total. The standard InChI is InChI=1S/C22H35N3O3/c1-18(2)24-11-6-9-20(10-12-24)23-15-21-16-25(13-14-27-21)22(26)28-17-19-7-4-3-5-8-19/h3-5,7-8,18,20-21,23H,6,9-17H2,1-2H3. The van der Waals surface area contributed by atoms with Crippen LogP contribution < -0.4 is 5.32 Å². The van der Waals surface area contributed by atoms with Crippen LogP contribution in [0.1, 0.15) is 38.7 Å². The predicted molar refractivity (Wildman–Crippen MR) is 110 cm³/mol. The summed E-state index contributed by atoms with van der Waals surface area (Å²) in [5.74, 6) is 0. The molecule has 1 aromatic rings. The second kappa shape index (κ2) is 10.8. The van der Waals surface area contributed by atoms with Crippen LogP contribution in [0.2, 0.25) is 0 Å². The minimum absolute atomic E-state index is 0.0301. The molecule has 0 aromatic heterocycles. The minimum Gasteiger partial charge on any atom is -0.445 e. The second-order valence-electron chi connectivity index (χ2n) is 8.14. The molecule has 6 nitrogen and oxygen atoms in total. The van der Waals surface area contributed by atoms with Crippen LogP contribution in [0.4, 0.5) is 4.79 Å². The molecular weight excluding hydrogens is 354 g/mol. The summed E-state index contributed by atoms with van der Waals surface area (Å²) in [5, 5.41) is 3.68. The lowest BCUT2D eigenvalue weighted by molar-refractivity contribution is -0.0281. The molecule has 2 heterocycles. The summed E-state index contributed by atoms with van der Waals surface area (Å²) >= 11 is 0. The highest BCUT2D eigenvalue weighted by molar-refractivity contribution is 5.67. The van der Waals surface area contributed by atoms with E-state index in [1.807, 2.05) is 30.3 Å². The lowest BCUT2D eigenvalue weighted by atomic mass is 10.1. The SMILES string of the molecule is CC(C)N1CCCC(NCC2CN(C(=O)OCc3ccccc3)CCO2)CC1. The first-order valence-electron chi connectivity index (χ1n) is 10.7. The van der Waals surface area contributed by atoms with E-state index in [0.717, 1.165) is 18.7 Å². The molecule has 2 atom stereocenters. The van der Waals surface area contributed by atoms with E-state index >= 15 is 0 Å². The quantitative estimate of drug-likeness (QED) is 0.811. The van der Waals surface area contributed by atoms with Crippen LogP contribution in [0.3, 0.4) is 0 Å². The molecule has 2 aliphatic heterocycles. The molecular formula is C22H35N3O3. The number of amides is 1. The molecule has 2 aliphatic rings. The summed E-state index contributed by atoms with van der Waals surface area (Å²) in [7, 11) is 0. The van der Waals surface area contributed by atoms with Gasteiger partial charge in [-0.15, -0.1) is 0 Å². The number of carbonyl (C=O) groups excluding carboxylic acids is 1. The number of benzene rings is 1. The van der Waals surface area contributed by atoms with Crippen LogP contribution in [0.25, 0.3) is 0 Å². The van der Waals surface area contributed by atoms with Crippen LogP contribution in [0, 0.1) is 0 Å². The molecule has 3 rings (SSSR count). The van der Waals surface area contributed by atoms with Gasteiger partial charge in [0.2, 0.25) is 0 Å². The third-order valence-corrected chi connectivity index (χ3v) is 5.73. The first-order chi connectivity index (χ1) is 13.6. The Hall–Kier alpha value is -1.63. The molecule has 2 fully saturated rings. The fourth-order valence-corrected chi connectivity index (χ4v) is 3.96. The van der Waals surface area contributed by atoms with E-state index in [0.29, 0.717) is 38.4 Å². The van der Waals surface area contributed by atoms with Gasteiger partial charge in [0.05, 0.1) is 19.3 Å². The van der Waals surface area contributed by atoms with Crippen molar-refractivity contribution in [3.8, 4) is 0 Å². The Balaban J connectivity index is 1.39. The van der Waals surface area contributed by atoms with Crippen molar-refractivity contribution in [2.75, 3.05) is 39.3 Å². The Morgan fingerprint density at radius 3 is 2.82 bits per heavy atom. The van der Waals surface area contributed by atoms with Gasteiger partial charge in [-0.1, -0.05) is 30.3 Å². The molecule has 1 aromatic carbocycles. The van der Waals surface area contributed by atoms with E-state index < -0.39 is 0 Å². The van der Waals surface area contributed by atoms with Crippen molar-refractivity contribution in [2.45, 2.75) is 57.9 Å². The maximum atomic E-state index is 12.4. The van der Waals surface area contributed by atoms with Gasteiger partial charge in [-0.05, 0) is 51.8 Å². The summed E-state index contributed by atoms with van der Waals surface area (Å²) in [4.78, 5) is 16.7. The zero-order valence-electron chi connectivity index (χ0n) is 17.3. The highest BCUT2D eigenvalue weighted by atomic mass is 16.6. The number of likely N-dealkylation sites (tertiary alicyclic amines) is 1.